The zero-order valence-corrected chi connectivity index (χ0v) is 13.6. The Balaban J connectivity index is 1.88. The fraction of sp³-hybridized carbons (Fsp3) is 0.176. The zero-order valence-electron chi connectivity index (χ0n) is 12.9. The highest BCUT2D eigenvalue weighted by atomic mass is 35.5. The first-order chi connectivity index (χ1) is 11.1. The highest BCUT2D eigenvalue weighted by Crippen LogP contribution is 2.15. The molecule has 0 fully saturated rings. The highest BCUT2D eigenvalue weighted by Gasteiger charge is 2.04. The lowest BCUT2D eigenvalue weighted by atomic mass is 10.1. The lowest BCUT2D eigenvalue weighted by Gasteiger charge is -2.06. The lowest BCUT2D eigenvalue weighted by Crippen LogP contribution is -2.25. The molecule has 2 aromatic carbocycles. The van der Waals surface area contributed by atoms with Gasteiger partial charge in [0.2, 0.25) is 0 Å². The summed E-state index contributed by atoms with van der Waals surface area (Å²) in [5.74, 6) is 0.953. The minimum Gasteiger partial charge on any atom is -0.497 e. The van der Waals surface area contributed by atoms with Gasteiger partial charge in [-0.05, 0) is 43.3 Å². The Morgan fingerprint density at radius 2 is 1.91 bits per heavy atom. The third kappa shape index (κ3) is 5.30. The van der Waals surface area contributed by atoms with Crippen molar-refractivity contribution in [2.75, 3.05) is 13.7 Å². The van der Waals surface area contributed by atoms with E-state index in [1.807, 2.05) is 24.3 Å². The maximum atomic E-state index is 11.7. The summed E-state index contributed by atoms with van der Waals surface area (Å²) < 4.78 is 10.5. The van der Waals surface area contributed by atoms with Crippen molar-refractivity contribution in [1.82, 2.24) is 5.43 Å². The third-order valence-corrected chi connectivity index (χ3v) is 3.27. The normalized spacial score (nSPS) is 11.0. The molecule has 1 amide bonds. The maximum absolute atomic E-state index is 11.7. The number of carbonyl (C=O) groups is 1. The Kier molecular flexibility index (Phi) is 6.00. The molecule has 5 nitrogen and oxygen atoms in total. The van der Waals surface area contributed by atoms with E-state index < -0.39 is 0 Å². The van der Waals surface area contributed by atoms with Gasteiger partial charge in [0.25, 0.3) is 5.91 Å². The van der Waals surface area contributed by atoms with Gasteiger partial charge in [0.1, 0.15) is 11.5 Å². The number of nitrogens with one attached hydrogen (secondary N) is 1. The zero-order chi connectivity index (χ0) is 16.7. The predicted octanol–water partition coefficient (Wildman–Crippen LogP) is 3.27. The van der Waals surface area contributed by atoms with Crippen LogP contribution in [0.2, 0.25) is 5.02 Å². The molecule has 0 aromatic heterocycles. The molecule has 0 aliphatic carbocycles. The highest BCUT2D eigenvalue weighted by molar-refractivity contribution is 6.30. The first-order valence-corrected chi connectivity index (χ1v) is 7.32. The number of hydrogen-bond donors (Lipinski definition) is 1. The Hall–Kier alpha value is -2.53. The number of hydrogen-bond acceptors (Lipinski definition) is 4. The van der Waals surface area contributed by atoms with Crippen LogP contribution in [-0.4, -0.2) is 25.3 Å². The van der Waals surface area contributed by atoms with Crippen LogP contribution < -0.4 is 14.9 Å². The molecular formula is C17H17ClN2O3. The van der Waals surface area contributed by atoms with E-state index in [2.05, 4.69) is 10.5 Å². The molecule has 2 aromatic rings. The predicted molar refractivity (Wildman–Crippen MR) is 90.3 cm³/mol. The topological polar surface area (TPSA) is 59.9 Å². The minimum absolute atomic E-state index is 0.128. The standard InChI is InChI=1S/C17H17ClN2O3/c1-12(13-4-3-5-16(10-13)22-2)19-20-17(21)11-23-15-8-6-14(18)7-9-15/h3-10H,11H2,1-2H3,(H,20,21)/b19-12-. The molecule has 0 aliphatic rings. The number of halogens is 1. The first kappa shape index (κ1) is 16.8. The van der Waals surface area contributed by atoms with Gasteiger partial charge in [0.05, 0.1) is 12.8 Å². The molecule has 0 saturated carbocycles. The van der Waals surface area contributed by atoms with E-state index in [-0.39, 0.29) is 12.5 Å². The average Bonchev–Trinajstić information content (AvgIpc) is 2.59. The number of carbonyl (C=O) groups excluding carboxylic acids is 1. The number of methoxy groups -OCH3 is 1. The molecule has 1 N–H and O–H groups in total. The monoisotopic (exact) mass is 332 g/mol. The largest absolute Gasteiger partial charge is 0.497 e. The van der Waals surface area contributed by atoms with Crippen molar-refractivity contribution in [3.8, 4) is 11.5 Å². The van der Waals surface area contributed by atoms with Crippen molar-refractivity contribution >= 4 is 23.2 Å². The second-order valence-electron chi connectivity index (χ2n) is 4.71. The number of amides is 1. The van der Waals surface area contributed by atoms with Gasteiger partial charge in [-0.15, -0.1) is 0 Å². The average molecular weight is 333 g/mol. The molecule has 0 heterocycles. The molecule has 0 saturated heterocycles. The number of ether oxygens (including phenoxy) is 2. The second-order valence-corrected chi connectivity index (χ2v) is 5.14. The summed E-state index contributed by atoms with van der Waals surface area (Å²) >= 11 is 5.78. The molecule has 0 aliphatic heterocycles. The number of benzene rings is 2. The third-order valence-electron chi connectivity index (χ3n) is 3.02. The van der Waals surface area contributed by atoms with Gasteiger partial charge in [0, 0.05) is 10.6 Å². The Morgan fingerprint density at radius 1 is 1.17 bits per heavy atom. The van der Waals surface area contributed by atoms with Crippen molar-refractivity contribution in [2.24, 2.45) is 5.10 Å². The molecule has 0 unspecified atom stereocenters. The summed E-state index contributed by atoms with van der Waals surface area (Å²) in [4.78, 5) is 11.7. The summed E-state index contributed by atoms with van der Waals surface area (Å²) in [5.41, 5.74) is 3.99. The van der Waals surface area contributed by atoms with Crippen LogP contribution in [0.4, 0.5) is 0 Å². The summed E-state index contributed by atoms with van der Waals surface area (Å²) in [6, 6.07) is 14.2. The van der Waals surface area contributed by atoms with Crippen LogP contribution >= 0.6 is 11.6 Å². The fourth-order valence-corrected chi connectivity index (χ4v) is 1.90. The SMILES string of the molecule is COc1cccc(/C(C)=N\NC(=O)COc2ccc(Cl)cc2)c1. The van der Waals surface area contributed by atoms with Crippen molar-refractivity contribution in [3.05, 3.63) is 59.1 Å². The first-order valence-electron chi connectivity index (χ1n) is 6.94. The van der Waals surface area contributed by atoms with Crippen LogP contribution in [0.15, 0.2) is 53.6 Å². The van der Waals surface area contributed by atoms with E-state index in [9.17, 15) is 4.79 Å². The fourth-order valence-electron chi connectivity index (χ4n) is 1.77. The van der Waals surface area contributed by atoms with Crippen LogP contribution in [0.3, 0.4) is 0 Å². The van der Waals surface area contributed by atoms with E-state index in [0.29, 0.717) is 16.5 Å². The molecule has 0 bridgehead atoms. The number of rotatable bonds is 6. The van der Waals surface area contributed by atoms with Crippen molar-refractivity contribution in [3.63, 3.8) is 0 Å². The van der Waals surface area contributed by atoms with Crippen LogP contribution in [0, 0.1) is 0 Å². The molecule has 120 valence electrons. The van der Waals surface area contributed by atoms with Crippen molar-refractivity contribution in [1.29, 1.82) is 0 Å². The van der Waals surface area contributed by atoms with Crippen molar-refractivity contribution < 1.29 is 14.3 Å². The summed E-state index contributed by atoms with van der Waals surface area (Å²) in [6.45, 7) is 1.67. The Labute approximate surface area is 139 Å². The lowest BCUT2D eigenvalue weighted by molar-refractivity contribution is -0.123. The quantitative estimate of drug-likeness (QED) is 0.652. The smallest absolute Gasteiger partial charge is 0.277 e. The van der Waals surface area contributed by atoms with Gasteiger partial charge in [0.15, 0.2) is 6.61 Å². The van der Waals surface area contributed by atoms with E-state index >= 15 is 0 Å². The van der Waals surface area contributed by atoms with Gasteiger partial charge in [-0.2, -0.15) is 5.10 Å². The maximum Gasteiger partial charge on any atom is 0.277 e. The molecule has 0 radical (unpaired) electrons. The van der Waals surface area contributed by atoms with Crippen LogP contribution in [-0.2, 0) is 4.79 Å². The number of hydrazone groups is 1. The summed E-state index contributed by atoms with van der Waals surface area (Å²) in [5, 5.41) is 4.67. The van der Waals surface area contributed by atoms with Gasteiger partial charge < -0.3 is 9.47 Å². The van der Waals surface area contributed by atoms with Gasteiger partial charge >= 0.3 is 0 Å². The molecular weight excluding hydrogens is 316 g/mol. The molecule has 6 heteroatoms. The van der Waals surface area contributed by atoms with Gasteiger partial charge in [-0.25, -0.2) is 5.43 Å². The van der Waals surface area contributed by atoms with E-state index in [4.69, 9.17) is 21.1 Å². The molecule has 23 heavy (non-hydrogen) atoms. The summed E-state index contributed by atoms with van der Waals surface area (Å²) in [6.07, 6.45) is 0. The van der Waals surface area contributed by atoms with E-state index in [0.717, 1.165) is 11.3 Å². The Morgan fingerprint density at radius 3 is 2.61 bits per heavy atom. The Bertz CT molecular complexity index is 699. The molecule has 0 spiro atoms. The molecule has 0 atom stereocenters. The van der Waals surface area contributed by atoms with Crippen molar-refractivity contribution in [2.45, 2.75) is 6.92 Å². The van der Waals surface area contributed by atoms with Crippen LogP contribution in [0.25, 0.3) is 0 Å². The van der Waals surface area contributed by atoms with E-state index in [1.165, 1.54) is 0 Å². The van der Waals surface area contributed by atoms with Crippen LogP contribution in [0.1, 0.15) is 12.5 Å². The molecule has 2 rings (SSSR count). The van der Waals surface area contributed by atoms with E-state index in [1.54, 1.807) is 38.3 Å². The van der Waals surface area contributed by atoms with Gasteiger partial charge in [-0.3, -0.25) is 4.79 Å². The number of nitrogens with zero attached hydrogens (tertiary/aromatic N) is 1. The minimum atomic E-state index is -0.345. The van der Waals surface area contributed by atoms with Gasteiger partial charge in [-0.1, -0.05) is 23.7 Å². The summed E-state index contributed by atoms with van der Waals surface area (Å²) in [7, 11) is 1.60. The second kappa shape index (κ2) is 8.19. The van der Waals surface area contributed by atoms with Crippen LogP contribution in [0.5, 0.6) is 11.5 Å².